The van der Waals surface area contributed by atoms with Crippen LogP contribution in [0, 0.1) is 6.92 Å². The first-order valence-electron chi connectivity index (χ1n) is 8.50. The van der Waals surface area contributed by atoms with Crippen LogP contribution in [0.5, 0.6) is 17.2 Å². The van der Waals surface area contributed by atoms with E-state index in [1.54, 1.807) is 0 Å². The average Bonchev–Trinajstić information content (AvgIpc) is 2.59. The molecule has 0 atom stereocenters. The van der Waals surface area contributed by atoms with Crippen molar-refractivity contribution in [3.05, 3.63) is 54.1 Å². The number of benzene rings is 2. The van der Waals surface area contributed by atoms with E-state index < -0.39 is 0 Å². The van der Waals surface area contributed by atoms with E-state index in [1.165, 1.54) is 32.4 Å². The zero-order valence-corrected chi connectivity index (χ0v) is 13.8. The maximum absolute atomic E-state index is 6.04. The number of rotatable bonds is 6. The summed E-state index contributed by atoms with van der Waals surface area (Å²) in [4.78, 5) is 2.48. The predicted molar refractivity (Wildman–Crippen MR) is 93.5 cm³/mol. The van der Waals surface area contributed by atoms with Crippen molar-refractivity contribution in [1.82, 2.24) is 4.90 Å². The second kappa shape index (κ2) is 8.02. The van der Waals surface area contributed by atoms with Crippen LogP contribution in [0.2, 0.25) is 0 Å². The zero-order chi connectivity index (χ0) is 15.9. The first-order chi connectivity index (χ1) is 11.3. The summed E-state index contributed by atoms with van der Waals surface area (Å²) in [5.74, 6) is 2.47. The summed E-state index contributed by atoms with van der Waals surface area (Å²) in [6, 6.07) is 15.9. The Morgan fingerprint density at radius 2 is 1.48 bits per heavy atom. The highest BCUT2D eigenvalue weighted by Crippen LogP contribution is 2.32. The van der Waals surface area contributed by atoms with Crippen molar-refractivity contribution in [2.75, 3.05) is 26.2 Å². The summed E-state index contributed by atoms with van der Waals surface area (Å²) < 4.78 is 12.0. The van der Waals surface area contributed by atoms with Crippen molar-refractivity contribution in [2.45, 2.75) is 26.2 Å². The van der Waals surface area contributed by atoms with Gasteiger partial charge in [0, 0.05) is 6.54 Å². The molecule has 0 radical (unpaired) electrons. The number of piperidine rings is 1. The summed E-state index contributed by atoms with van der Waals surface area (Å²) in [6.45, 7) is 6.14. The van der Waals surface area contributed by atoms with Crippen LogP contribution in [0.1, 0.15) is 24.8 Å². The van der Waals surface area contributed by atoms with Gasteiger partial charge >= 0.3 is 0 Å². The number of ether oxygens (including phenoxy) is 2. The molecule has 1 heterocycles. The highest BCUT2D eigenvalue weighted by atomic mass is 16.5. The summed E-state index contributed by atoms with van der Waals surface area (Å²) in [5, 5.41) is 0. The molecule has 0 spiro atoms. The molecule has 1 aliphatic heterocycles. The molecule has 0 bridgehead atoms. The second-order valence-corrected chi connectivity index (χ2v) is 6.07. The molecule has 0 N–H and O–H groups in total. The normalized spacial score (nSPS) is 15.3. The van der Waals surface area contributed by atoms with Gasteiger partial charge in [0.2, 0.25) is 0 Å². The first-order valence-corrected chi connectivity index (χ1v) is 8.50. The van der Waals surface area contributed by atoms with Crippen LogP contribution < -0.4 is 9.47 Å². The number of nitrogens with zero attached hydrogens (tertiary/aromatic N) is 1. The van der Waals surface area contributed by atoms with Crippen molar-refractivity contribution < 1.29 is 9.47 Å². The molecule has 3 rings (SSSR count). The van der Waals surface area contributed by atoms with Gasteiger partial charge in [0.05, 0.1) is 0 Å². The Morgan fingerprint density at radius 3 is 2.22 bits per heavy atom. The lowest BCUT2D eigenvalue weighted by Crippen LogP contribution is -2.33. The van der Waals surface area contributed by atoms with Crippen LogP contribution in [-0.4, -0.2) is 31.1 Å². The van der Waals surface area contributed by atoms with Crippen LogP contribution in [0.3, 0.4) is 0 Å². The van der Waals surface area contributed by atoms with Gasteiger partial charge in [-0.3, -0.25) is 4.90 Å². The fourth-order valence-corrected chi connectivity index (χ4v) is 2.91. The van der Waals surface area contributed by atoms with Gasteiger partial charge in [-0.1, -0.05) is 36.8 Å². The Kier molecular flexibility index (Phi) is 5.54. The smallest absolute Gasteiger partial charge is 0.169 e. The van der Waals surface area contributed by atoms with Crippen molar-refractivity contribution in [3.8, 4) is 17.2 Å². The number of para-hydroxylation sites is 3. The SMILES string of the molecule is Cc1ccccc1Oc1ccccc1OCCN1CCCCC1. The first kappa shape index (κ1) is 15.9. The molecular weight excluding hydrogens is 286 g/mol. The van der Waals surface area contributed by atoms with Gasteiger partial charge in [-0.05, 0) is 56.6 Å². The lowest BCUT2D eigenvalue weighted by Gasteiger charge is -2.26. The van der Waals surface area contributed by atoms with E-state index in [0.29, 0.717) is 6.61 Å². The van der Waals surface area contributed by atoms with Gasteiger partial charge in [0.15, 0.2) is 11.5 Å². The zero-order valence-electron chi connectivity index (χ0n) is 13.8. The predicted octanol–water partition coefficient (Wildman–Crippen LogP) is 4.65. The number of hydrogen-bond donors (Lipinski definition) is 0. The van der Waals surface area contributed by atoms with E-state index >= 15 is 0 Å². The molecule has 0 aromatic heterocycles. The minimum Gasteiger partial charge on any atom is -0.488 e. The third-order valence-corrected chi connectivity index (χ3v) is 4.28. The highest BCUT2D eigenvalue weighted by Gasteiger charge is 2.11. The minimum absolute atomic E-state index is 0.703. The number of likely N-dealkylation sites (tertiary alicyclic amines) is 1. The van der Waals surface area contributed by atoms with E-state index in [-0.39, 0.29) is 0 Å². The Hall–Kier alpha value is -2.00. The molecule has 1 saturated heterocycles. The van der Waals surface area contributed by atoms with Gasteiger partial charge in [0.1, 0.15) is 12.4 Å². The Bertz CT molecular complexity index is 621. The fraction of sp³-hybridized carbons (Fsp3) is 0.400. The van der Waals surface area contributed by atoms with E-state index in [4.69, 9.17) is 9.47 Å². The van der Waals surface area contributed by atoms with Crippen molar-refractivity contribution in [3.63, 3.8) is 0 Å². The van der Waals surface area contributed by atoms with Gasteiger partial charge in [-0.15, -0.1) is 0 Å². The molecule has 1 fully saturated rings. The molecule has 122 valence electrons. The lowest BCUT2D eigenvalue weighted by atomic mass is 10.1. The van der Waals surface area contributed by atoms with Crippen LogP contribution >= 0.6 is 0 Å². The van der Waals surface area contributed by atoms with Crippen LogP contribution in [0.15, 0.2) is 48.5 Å². The molecular formula is C20H25NO2. The van der Waals surface area contributed by atoms with Crippen molar-refractivity contribution in [2.24, 2.45) is 0 Å². The third-order valence-electron chi connectivity index (χ3n) is 4.28. The number of hydrogen-bond acceptors (Lipinski definition) is 3. The van der Waals surface area contributed by atoms with E-state index in [9.17, 15) is 0 Å². The molecule has 23 heavy (non-hydrogen) atoms. The minimum atomic E-state index is 0.703. The van der Waals surface area contributed by atoms with Gasteiger partial charge < -0.3 is 9.47 Å². The molecule has 3 nitrogen and oxygen atoms in total. The lowest BCUT2D eigenvalue weighted by molar-refractivity contribution is 0.181. The maximum atomic E-state index is 6.04. The van der Waals surface area contributed by atoms with E-state index in [1.807, 2.05) is 42.5 Å². The summed E-state index contributed by atoms with van der Waals surface area (Å²) in [6.07, 6.45) is 3.99. The number of aryl methyl sites for hydroxylation is 1. The summed E-state index contributed by atoms with van der Waals surface area (Å²) in [7, 11) is 0. The monoisotopic (exact) mass is 311 g/mol. The van der Waals surface area contributed by atoms with E-state index in [2.05, 4.69) is 17.9 Å². The van der Waals surface area contributed by atoms with Gasteiger partial charge in [0.25, 0.3) is 0 Å². The molecule has 0 saturated carbocycles. The second-order valence-electron chi connectivity index (χ2n) is 6.07. The Labute approximate surface area is 138 Å². The van der Waals surface area contributed by atoms with Crippen molar-refractivity contribution in [1.29, 1.82) is 0 Å². The molecule has 3 heteroatoms. The Balaban J connectivity index is 1.60. The maximum Gasteiger partial charge on any atom is 0.169 e. The fourth-order valence-electron chi connectivity index (χ4n) is 2.91. The standard InChI is InChI=1S/C20H25NO2/c1-17-9-3-4-10-18(17)23-20-12-6-5-11-19(20)22-16-15-21-13-7-2-8-14-21/h3-6,9-12H,2,7-8,13-16H2,1H3. The molecule has 2 aromatic carbocycles. The molecule has 0 amide bonds. The van der Waals surface area contributed by atoms with Gasteiger partial charge in [-0.25, -0.2) is 0 Å². The summed E-state index contributed by atoms with van der Waals surface area (Å²) in [5.41, 5.74) is 1.12. The van der Waals surface area contributed by atoms with E-state index in [0.717, 1.165) is 29.4 Å². The summed E-state index contributed by atoms with van der Waals surface area (Å²) >= 11 is 0. The molecule has 0 aliphatic carbocycles. The largest absolute Gasteiger partial charge is 0.488 e. The van der Waals surface area contributed by atoms with Crippen LogP contribution in [-0.2, 0) is 0 Å². The quantitative estimate of drug-likeness (QED) is 0.775. The molecule has 1 aliphatic rings. The third kappa shape index (κ3) is 4.49. The Morgan fingerprint density at radius 1 is 0.826 bits per heavy atom. The topological polar surface area (TPSA) is 21.7 Å². The molecule has 0 unspecified atom stereocenters. The van der Waals surface area contributed by atoms with Gasteiger partial charge in [-0.2, -0.15) is 0 Å². The highest BCUT2D eigenvalue weighted by molar-refractivity contribution is 5.44. The van der Waals surface area contributed by atoms with Crippen molar-refractivity contribution >= 4 is 0 Å². The molecule has 2 aromatic rings. The van der Waals surface area contributed by atoms with Crippen LogP contribution in [0.25, 0.3) is 0 Å². The van der Waals surface area contributed by atoms with Crippen LogP contribution in [0.4, 0.5) is 0 Å². The average molecular weight is 311 g/mol.